The van der Waals surface area contributed by atoms with Crippen LogP contribution in [0.15, 0.2) is 35.8 Å². The van der Waals surface area contributed by atoms with Gasteiger partial charge in [0.1, 0.15) is 0 Å². The highest BCUT2D eigenvalue weighted by molar-refractivity contribution is 7.13. The monoisotopic (exact) mass is 256 g/mol. The van der Waals surface area contributed by atoms with Gasteiger partial charge in [-0.3, -0.25) is 10.1 Å². The molecule has 0 amide bonds. The molecule has 90 valence electrons. The molecule has 18 heavy (non-hydrogen) atoms. The number of nitrogen functional groups attached to an aromatic ring is 1. The van der Waals surface area contributed by atoms with Gasteiger partial charge < -0.3 is 5.73 Å². The number of anilines is 1. The first-order valence-electron chi connectivity index (χ1n) is 5.56. The van der Waals surface area contributed by atoms with Gasteiger partial charge in [-0.15, -0.1) is 11.3 Å². The van der Waals surface area contributed by atoms with Crippen molar-refractivity contribution in [2.75, 3.05) is 5.73 Å². The van der Waals surface area contributed by atoms with E-state index >= 15 is 0 Å². The fraction of sp³-hybridized carbons (Fsp3) is 0.0769. The molecule has 3 heterocycles. The smallest absolute Gasteiger partial charge is 0.154 e. The van der Waals surface area contributed by atoms with Crippen molar-refractivity contribution in [1.29, 1.82) is 0 Å². The number of thiophene rings is 1. The number of nitrogens with one attached hydrogen (secondary N) is 1. The molecular formula is C13H12N4S. The summed E-state index contributed by atoms with van der Waals surface area (Å²) in [7, 11) is 0. The Morgan fingerprint density at radius 2 is 2.22 bits per heavy atom. The van der Waals surface area contributed by atoms with Gasteiger partial charge in [0.25, 0.3) is 0 Å². The van der Waals surface area contributed by atoms with Crippen LogP contribution >= 0.6 is 11.3 Å². The van der Waals surface area contributed by atoms with Crippen LogP contribution in [0, 0.1) is 6.92 Å². The van der Waals surface area contributed by atoms with Crippen molar-refractivity contribution < 1.29 is 0 Å². The normalized spacial score (nSPS) is 10.7. The third kappa shape index (κ3) is 1.78. The van der Waals surface area contributed by atoms with Crippen LogP contribution in [0.4, 0.5) is 5.82 Å². The molecule has 0 spiro atoms. The van der Waals surface area contributed by atoms with Crippen molar-refractivity contribution >= 4 is 17.2 Å². The summed E-state index contributed by atoms with van der Waals surface area (Å²) in [5.41, 5.74) is 9.89. The third-order valence-corrected chi connectivity index (χ3v) is 3.63. The van der Waals surface area contributed by atoms with Gasteiger partial charge >= 0.3 is 0 Å². The van der Waals surface area contributed by atoms with Gasteiger partial charge in [-0.25, -0.2) is 0 Å². The minimum Gasteiger partial charge on any atom is -0.382 e. The first kappa shape index (κ1) is 11.0. The number of hydrogen-bond acceptors (Lipinski definition) is 4. The zero-order valence-electron chi connectivity index (χ0n) is 9.84. The molecule has 0 aliphatic carbocycles. The van der Waals surface area contributed by atoms with Gasteiger partial charge in [-0.2, -0.15) is 5.10 Å². The van der Waals surface area contributed by atoms with Crippen molar-refractivity contribution in [3.63, 3.8) is 0 Å². The minimum atomic E-state index is 0.530. The topological polar surface area (TPSA) is 67.6 Å². The predicted molar refractivity (Wildman–Crippen MR) is 74.3 cm³/mol. The molecule has 0 atom stereocenters. The first-order chi connectivity index (χ1) is 8.75. The summed E-state index contributed by atoms with van der Waals surface area (Å²) >= 11 is 1.65. The van der Waals surface area contributed by atoms with Crippen molar-refractivity contribution in [2.45, 2.75) is 6.92 Å². The van der Waals surface area contributed by atoms with E-state index in [1.54, 1.807) is 17.5 Å². The average molecular weight is 256 g/mol. The fourth-order valence-electron chi connectivity index (χ4n) is 1.94. The van der Waals surface area contributed by atoms with Crippen molar-refractivity contribution in [2.24, 2.45) is 0 Å². The SMILES string of the molecule is Cc1cc(-c2[nH]nc(N)c2-c2cccs2)ccn1. The molecule has 0 saturated carbocycles. The Morgan fingerprint density at radius 1 is 1.33 bits per heavy atom. The van der Waals surface area contributed by atoms with E-state index in [1.165, 1.54) is 0 Å². The van der Waals surface area contributed by atoms with Crippen LogP contribution < -0.4 is 5.73 Å². The number of aromatic nitrogens is 3. The predicted octanol–water partition coefficient (Wildman–Crippen LogP) is 3.09. The molecule has 0 aromatic carbocycles. The zero-order valence-corrected chi connectivity index (χ0v) is 10.7. The van der Waals surface area contributed by atoms with Gasteiger partial charge in [-0.1, -0.05) is 6.07 Å². The first-order valence-corrected chi connectivity index (χ1v) is 6.44. The maximum atomic E-state index is 5.96. The molecule has 0 unspecified atom stereocenters. The molecule has 0 aliphatic rings. The largest absolute Gasteiger partial charge is 0.382 e. The molecule has 3 rings (SSSR count). The lowest BCUT2D eigenvalue weighted by atomic mass is 10.1. The van der Waals surface area contributed by atoms with Crippen LogP contribution in [-0.4, -0.2) is 15.2 Å². The van der Waals surface area contributed by atoms with E-state index in [9.17, 15) is 0 Å². The highest BCUT2D eigenvalue weighted by Crippen LogP contribution is 2.36. The summed E-state index contributed by atoms with van der Waals surface area (Å²) < 4.78 is 0. The standard InChI is InChI=1S/C13H12N4S/c1-8-7-9(4-5-15-8)12-11(13(14)17-16-12)10-3-2-6-18-10/h2-7H,1H3,(H3,14,16,17). The number of nitrogens with zero attached hydrogens (tertiary/aromatic N) is 2. The molecule has 0 bridgehead atoms. The second-order valence-corrected chi connectivity index (χ2v) is 4.97. The Morgan fingerprint density at radius 3 is 2.94 bits per heavy atom. The molecule has 0 saturated heterocycles. The van der Waals surface area contributed by atoms with Crippen LogP contribution in [0.5, 0.6) is 0 Å². The molecule has 3 aromatic rings. The average Bonchev–Trinajstić information content (AvgIpc) is 2.97. The quantitative estimate of drug-likeness (QED) is 0.740. The van der Waals surface area contributed by atoms with Crippen molar-refractivity contribution in [3.8, 4) is 21.7 Å². The van der Waals surface area contributed by atoms with Gasteiger partial charge in [0.15, 0.2) is 5.82 Å². The third-order valence-electron chi connectivity index (χ3n) is 2.75. The van der Waals surface area contributed by atoms with Crippen LogP contribution in [-0.2, 0) is 0 Å². The number of aryl methyl sites for hydroxylation is 1. The fourth-order valence-corrected chi connectivity index (χ4v) is 2.72. The number of H-pyrrole nitrogens is 1. The van der Waals surface area contributed by atoms with Gasteiger partial charge in [0.2, 0.25) is 0 Å². The molecule has 5 heteroatoms. The Labute approximate surface area is 109 Å². The van der Waals surface area contributed by atoms with Crippen molar-refractivity contribution in [3.05, 3.63) is 41.5 Å². The molecule has 0 fully saturated rings. The summed E-state index contributed by atoms with van der Waals surface area (Å²) in [4.78, 5) is 5.32. The second kappa shape index (κ2) is 4.27. The van der Waals surface area contributed by atoms with Crippen LogP contribution in [0.3, 0.4) is 0 Å². The van der Waals surface area contributed by atoms with E-state index in [4.69, 9.17) is 5.73 Å². The molecule has 4 nitrogen and oxygen atoms in total. The summed E-state index contributed by atoms with van der Waals surface area (Å²) in [6.07, 6.45) is 1.79. The van der Waals surface area contributed by atoms with E-state index in [1.807, 2.05) is 36.6 Å². The maximum absolute atomic E-state index is 5.96. The molecule has 3 aromatic heterocycles. The Hall–Kier alpha value is -2.14. The number of aromatic amines is 1. The van der Waals surface area contributed by atoms with E-state index in [2.05, 4.69) is 15.2 Å². The summed E-state index contributed by atoms with van der Waals surface area (Å²) in [6.45, 7) is 1.97. The lowest BCUT2D eigenvalue weighted by Gasteiger charge is -2.03. The van der Waals surface area contributed by atoms with Gasteiger partial charge in [0.05, 0.1) is 11.3 Å². The van der Waals surface area contributed by atoms with E-state index < -0.39 is 0 Å². The van der Waals surface area contributed by atoms with Crippen molar-refractivity contribution in [1.82, 2.24) is 15.2 Å². The Balaban J connectivity index is 2.20. The van der Waals surface area contributed by atoms with Gasteiger partial charge in [0, 0.05) is 22.3 Å². The summed E-state index contributed by atoms with van der Waals surface area (Å²) in [6, 6.07) is 8.03. The van der Waals surface area contributed by atoms with E-state index in [0.29, 0.717) is 5.82 Å². The highest BCUT2D eigenvalue weighted by atomic mass is 32.1. The number of nitrogens with two attached hydrogens (primary N) is 1. The Kier molecular flexibility index (Phi) is 2.60. The summed E-state index contributed by atoms with van der Waals surface area (Å²) in [5, 5.41) is 9.16. The van der Waals surface area contributed by atoms with Crippen LogP contribution in [0.1, 0.15) is 5.69 Å². The number of pyridine rings is 1. The highest BCUT2D eigenvalue weighted by Gasteiger charge is 2.15. The molecule has 0 aliphatic heterocycles. The second-order valence-electron chi connectivity index (χ2n) is 4.02. The zero-order chi connectivity index (χ0) is 12.5. The maximum Gasteiger partial charge on any atom is 0.154 e. The molecule has 0 radical (unpaired) electrons. The summed E-state index contributed by atoms with van der Waals surface area (Å²) in [5.74, 6) is 0.530. The number of hydrogen-bond donors (Lipinski definition) is 2. The van der Waals surface area contributed by atoms with Gasteiger partial charge in [-0.05, 0) is 30.5 Å². The number of rotatable bonds is 2. The molecular weight excluding hydrogens is 244 g/mol. The van der Waals surface area contributed by atoms with Crippen LogP contribution in [0.25, 0.3) is 21.7 Å². The lowest BCUT2D eigenvalue weighted by Crippen LogP contribution is -1.87. The van der Waals surface area contributed by atoms with E-state index in [-0.39, 0.29) is 0 Å². The van der Waals surface area contributed by atoms with Crippen LogP contribution in [0.2, 0.25) is 0 Å². The minimum absolute atomic E-state index is 0.530. The van der Waals surface area contributed by atoms with E-state index in [0.717, 1.165) is 27.4 Å². The molecule has 3 N–H and O–H groups in total. The lowest BCUT2D eigenvalue weighted by molar-refractivity contribution is 1.10. The Bertz CT molecular complexity index is 670.